The van der Waals surface area contributed by atoms with Gasteiger partial charge in [0.1, 0.15) is 12.0 Å². The van der Waals surface area contributed by atoms with Crippen LogP contribution in [0, 0.1) is 0 Å². The molecule has 1 aromatic rings. The maximum absolute atomic E-state index is 10.1. The van der Waals surface area contributed by atoms with E-state index in [1.807, 2.05) is 0 Å². The number of phenolic OH excluding ortho intramolecular Hbond substituents is 1. The quantitative estimate of drug-likeness (QED) is 0.562. The predicted octanol–water partition coefficient (Wildman–Crippen LogP) is 2.17. The molecule has 0 aliphatic carbocycles. The van der Waals surface area contributed by atoms with Crippen molar-refractivity contribution in [3.63, 3.8) is 0 Å². The standard InChI is InChI=1S/C9H7ClO2/c10-9(4-5-11)7-2-1-3-8(12)6-7/h1-6,12H. The first-order chi connectivity index (χ1) is 5.74. The Kier molecular flexibility index (Phi) is 2.88. The molecule has 0 radical (unpaired) electrons. The van der Waals surface area contributed by atoms with Crippen LogP contribution in [0.25, 0.3) is 5.03 Å². The molecular weight excluding hydrogens is 176 g/mol. The first-order valence-electron chi connectivity index (χ1n) is 3.34. The van der Waals surface area contributed by atoms with Crippen LogP contribution >= 0.6 is 11.6 Å². The lowest BCUT2D eigenvalue weighted by Crippen LogP contribution is -1.76. The lowest BCUT2D eigenvalue weighted by molar-refractivity contribution is -0.104. The number of benzene rings is 1. The minimum Gasteiger partial charge on any atom is -0.508 e. The van der Waals surface area contributed by atoms with Crippen LogP contribution in [0.2, 0.25) is 0 Å². The highest BCUT2D eigenvalue weighted by Gasteiger charge is 1.97. The van der Waals surface area contributed by atoms with Crippen LogP contribution in [0.5, 0.6) is 5.75 Å². The van der Waals surface area contributed by atoms with E-state index in [4.69, 9.17) is 16.7 Å². The average Bonchev–Trinajstić information content (AvgIpc) is 2.05. The number of carbonyl (C=O) groups is 1. The summed E-state index contributed by atoms with van der Waals surface area (Å²) in [6, 6.07) is 6.39. The number of aromatic hydroxyl groups is 1. The zero-order valence-corrected chi connectivity index (χ0v) is 6.95. The lowest BCUT2D eigenvalue weighted by Gasteiger charge is -1.97. The summed E-state index contributed by atoms with van der Waals surface area (Å²) in [5, 5.41) is 9.38. The van der Waals surface area contributed by atoms with Gasteiger partial charge in [-0.2, -0.15) is 0 Å². The van der Waals surface area contributed by atoms with Crippen LogP contribution in [0.4, 0.5) is 0 Å². The maximum atomic E-state index is 10.1. The Hall–Kier alpha value is -1.28. The van der Waals surface area contributed by atoms with E-state index in [2.05, 4.69) is 0 Å². The number of hydrogen-bond acceptors (Lipinski definition) is 2. The number of allylic oxidation sites excluding steroid dienone is 1. The molecule has 3 heteroatoms. The van der Waals surface area contributed by atoms with Gasteiger partial charge in [0.2, 0.25) is 0 Å². The van der Waals surface area contributed by atoms with E-state index in [0.717, 1.165) is 0 Å². The fraction of sp³-hybridized carbons (Fsp3) is 0. The second-order valence-electron chi connectivity index (χ2n) is 2.20. The molecule has 0 bridgehead atoms. The summed E-state index contributed by atoms with van der Waals surface area (Å²) >= 11 is 5.70. The van der Waals surface area contributed by atoms with Gasteiger partial charge in [-0.1, -0.05) is 23.7 Å². The number of hydrogen-bond donors (Lipinski definition) is 1. The molecule has 2 nitrogen and oxygen atoms in total. The van der Waals surface area contributed by atoms with E-state index >= 15 is 0 Å². The van der Waals surface area contributed by atoms with E-state index in [1.54, 1.807) is 12.1 Å². The Bertz CT molecular complexity index is 318. The molecule has 0 atom stereocenters. The predicted molar refractivity (Wildman–Crippen MR) is 48.0 cm³/mol. The van der Waals surface area contributed by atoms with Gasteiger partial charge in [-0.05, 0) is 23.8 Å². The Balaban J connectivity index is 3.03. The third-order valence-electron chi connectivity index (χ3n) is 1.34. The molecule has 0 amide bonds. The van der Waals surface area contributed by atoms with E-state index < -0.39 is 0 Å². The van der Waals surface area contributed by atoms with Gasteiger partial charge < -0.3 is 5.11 Å². The summed E-state index contributed by atoms with van der Waals surface area (Å²) in [5.74, 6) is 0.130. The van der Waals surface area contributed by atoms with Crippen molar-refractivity contribution in [2.24, 2.45) is 0 Å². The molecule has 0 spiro atoms. The SMILES string of the molecule is O=CC=C(Cl)c1cccc(O)c1. The molecule has 1 N–H and O–H groups in total. The first-order valence-corrected chi connectivity index (χ1v) is 3.72. The Morgan fingerprint density at radius 1 is 1.50 bits per heavy atom. The molecule has 0 fully saturated rings. The summed E-state index contributed by atoms with van der Waals surface area (Å²) in [5.41, 5.74) is 0.628. The molecule has 1 rings (SSSR count). The average molecular weight is 183 g/mol. The van der Waals surface area contributed by atoms with Crippen molar-refractivity contribution in [2.75, 3.05) is 0 Å². The molecule has 0 aliphatic heterocycles. The van der Waals surface area contributed by atoms with Crippen LogP contribution in [0.3, 0.4) is 0 Å². The van der Waals surface area contributed by atoms with E-state index in [1.165, 1.54) is 18.2 Å². The van der Waals surface area contributed by atoms with Gasteiger partial charge >= 0.3 is 0 Å². The normalized spacial score (nSPS) is 11.2. The van der Waals surface area contributed by atoms with Crippen molar-refractivity contribution in [2.45, 2.75) is 0 Å². The molecule has 1 aromatic carbocycles. The Morgan fingerprint density at radius 3 is 2.83 bits per heavy atom. The summed E-state index contributed by atoms with van der Waals surface area (Å²) in [7, 11) is 0. The van der Waals surface area contributed by atoms with Crippen molar-refractivity contribution >= 4 is 22.9 Å². The van der Waals surface area contributed by atoms with Crippen LogP contribution in [0.15, 0.2) is 30.3 Å². The molecule has 0 saturated heterocycles. The fourth-order valence-corrected chi connectivity index (χ4v) is 0.979. The summed E-state index contributed by atoms with van der Waals surface area (Å²) in [4.78, 5) is 10.1. The molecule has 0 saturated carbocycles. The zero-order valence-electron chi connectivity index (χ0n) is 6.20. The van der Waals surface area contributed by atoms with Crippen molar-refractivity contribution in [3.05, 3.63) is 35.9 Å². The van der Waals surface area contributed by atoms with Crippen LogP contribution < -0.4 is 0 Å². The summed E-state index contributed by atoms with van der Waals surface area (Å²) < 4.78 is 0. The van der Waals surface area contributed by atoms with Gasteiger partial charge in [0.15, 0.2) is 0 Å². The minimum absolute atomic E-state index is 0.130. The number of phenols is 1. The molecule has 0 unspecified atom stereocenters. The largest absolute Gasteiger partial charge is 0.508 e. The van der Waals surface area contributed by atoms with Crippen LogP contribution in [0.1, 0.15) is 5.56 Å². The van der Waals surface area contributed by atoms with Crippen LogP contribution in [-0.4, -0.2) is 11.4 Å². The van der Waals surface area contributed by atoms with Gasteiger partial charge in [0, 0.05) is 0 Å². The van der Waals surface area contributed by atoms with Crippen molar-refractivity contribution in [1.29, 1.82) is 0 Å². The van der Waals surface area contributed by atoms with E-state index in [0.29, 0.717) is 16.9 Å². The molecule has 62 valence electrons. The molecule has 0 aliphatic rings. The highest BCUT2D eigenvalue weighted by molar-refractivity contribution is 6.49. The first kappa shape index (κ1) is 8.81. The third kappa shape index (κ3) is 2.10. The molecule has 0 heterocycles. The lowest BCUT2D eigenvalue weighted by atomic mass is 10.2. The summed E-state index contributed by atoms with van der Waals surface area (Å²) in [6.45, 7) is 0. The Labute approximate surface area is 75.1 Å². The van der Waals surface area contributed by atoms with Gasteiger partial charge in [-0.25, -0.2) is 0 Å². The number of rotatable bonds is 2. The molecule has 12 heavy (non-hydrogen) atoms. The Morgan fingerprint density at radius 2 is 2.25 bits per heavy atom. The monoisotopic (exact) mass is 182 g/mol. The third-order valence-corrected chi connectivity index (χ3v) is 1.68. The van der Waals surface area contributed by atoms with Crippen molar-refractivity contribution in [3.8, 4) is 5.75 Å². The number of halogens is 1. The van der Waals surface area contributed by atoms with E-state index in [9.17, 15) is 4.79 Å². The van der Waals surface area contributed by atoms with Gasteiger partial charge in [0.05, 0.1) is 5.03 Å². The fourth-order valence-electron chi connectivity index (χ4n) is 0.810. The molecule has 0 aromatic heterocycles. The van der Waals surface area contributed by atoms with Crippen LogP contribution in [-0.2, 0) is 4.79 Å². The second kappa shape index (κ2) is 3.93. The smallest absolute Gasteiger partial charge is 0.144 e. The highest BCUT2D eigenvalue weighted by atomic mass is 35.5. The molecular formula is C9H7ClO2. The number of carbonyl (C=O) groups excluding carboxylic acids is 1. The van der Waals surface area contributed by atoms with Gasteiger partial charge in [0.25, 0.3) is 0 Å². The van der Waals surface area contributed by atoms with Gasteiger partial charge in [-0.3, -0.25) is 4.79 Å². The zero-order chi connectivity index (χ0) is 8.97. The van der Waals surface area contributed by atoms with E-state index in [-0.39, 0.29) is 5.75 Å². The summed E-state index contributed by atoms with van der Waals surface area (Å²) in [6.07, 6.45) is 1.84. The second-order valence-corrected chi connectivity index (χ2v) is 2.61. The van der Waals surface area contributed by atoms with Crippen molar-refractivity contribution in [1.82, 2.24) is 0 Å². The van der Waals surface area contributed by atoms with Crippen molar-refractivity contribution < 1.29 is 9.90 Å². The maximum Gasteiger partial charge on any atom is 0.144 e. The highest BCUT2D eigenvalue weighted by Crippen LogP contribution is 2.21. The number of aldehydes is 1. The topological polar surface area (TPSA) is 37.3 Å². The minimum atomic E-state index is 0.130. The van der Waals surface area contributed by atoms with Gasteiger partial charge in [-0.15, -0.1) is 0 Å².